The van der Waals surface area contributed by atoms with E-state index < -0.39 is 26.3 Å². The van der Waals surface area contributed by atoms with Gasteiger partial charge in [-0.05, 0) is 55.8 Å². The summed E-state index contributed by atoms with van der Waals surface area (Å²) in [4.78, 5) is 18.6. The lowest BCUT2D eigenvalue weighted by Crippen LogP contribution is -2.26. The Labute approximate surface area is 183 Å². The number of carbonyl (C=O) groups excluding carboxylic acids is 1. The maximum Gasteiger partial charge on any atom is 0.501 e. The van der Waals surface area contributed by atoms with Gasteiger partial charge in [0.1, 0.15) is 5.82 Å². The number of benzene rings is 1. The summed E-state index contributed by atoms with van der Waals surface area (Å²) in [7, 11) is -5.38. The van der Waals surface area contributed by atoms with Crippen molar-refractivity contribution in [2.75, 3.05) is 23.5 Å². The molecule has 2 heterocycles. The van der Waals surface area contributed by atoms with Crippen molar-refractivity contribution in [2.24, 2.45) is 0 Å². The van der Waals surface area contributed by atoms with Gasteiger partial charge in [0, 0.05) is 30.3 Å². The number of hydrogen-bond acceptors (Lipinski definition) is 7. The van der Waals surface area contributed by atoms with Crippen LogP contribution in [0.3, 0.4) is 0 Å². The molecular weight excluding hydrogens is 449 g/mol. The second-order valence-electron chi connectivity index (χ2n) is 6.92. The number of nitrogens with zero attached hydrogens (tertiary/aromatic N) is 3. The Morgan fingerprint density at radius 2 is 1.91 bits per heavy atom. The normalized spacial score (nSPS) is 14.3. The lowest BCUT2D eigenvalue weighted by atomic mass is 10.2. The Morgan fingerprint density at radius 3 is 2.53 bits per heavy atom. The van der Waals surface area contributed by atoms with E-state index in [1.807, 2.05) is 18.0 Å². The molecule has 1 aromatic heterocycles. The summed E-state index contributed by atoms with van der Waals surface area (Å²) in [5, 5.41) is 2.54. The van der Waals surface area contributed by atoms with Crippen molar-refractivity contribution in [1.29, 1.82) is 0 Å². The van der Waals surface area contributed by atoms with Crippen molar-refractivity contribution in [3.05, 3.63) is 60.1 Å². The molecule has 172 valence electrons. The van der Waals surface area contributed by atoms with Crippen molar-refractivity contribution in [1.82, 2.24) is 9.88 Å². The smallest absolute Gasteiger partial charge is 0.450 e. The Hall–Kier alpha value is -3.28. The number of anilines is 2. The van der Waals surface area contributed by atoms with Crippen LogP contribution in [0.1, 0.15) is 19.4 Å². The molecule has 1 aliphatic heterocycles. The third-order valence-corrected chi connectivity index (χ3v) is 6.15. The van der Waals surface area contributed by atoms with Gasteiger partial charge in [0.25, 0.3) is 9.84 Å². The van der Waals surface area contributed by atoms with Gasteiger partial charge in [-0.25, -0.2) is 18.2 Å². The lowest BCUT2D eigenvalue weighted by molar-refractivity contribution is -0.0436. The number of aromatic nitrogens is 1. The van der Waals surface area contributed by atoms with Crippen LogP contribution in [-0.2, 0) is 21.1 Å². The molecule has 0 unspecified atom stereocenters. The molecule has 1 amide bonds. The highest BCUT2D eigenvalue weighted by Crippen LogP contribution is 2.32. The van der Waals surface area contributed by atoms with Gasteiger partial charge >= 0.3 is 11.6 Å². The molecule has 1 aliphatic rings. The minimum atomic E-state index is -5.38. The number of carbonyl (C=O) groups is 1. The quantitative estimate of drug-likeness (QED) is 0.680. The van der Waals surface area contributed by atoms with Crippen molar-refractivity contribution in [3.63, 3.8) is 0 Å². The highest BCUT2D eigenvalue weighted by molar-refractivity contribution is 7.92. The van der Waals surface area contributed by atoms with Gasteiger partial charge in [0.15, 0.2) is 0 Å². The molecule has 0 spiro atoms. The van der Waals surface area contributed by atoms with Crippen LogP contribution in [0.15, 0.2) is 59.4 Å². The minimum Gasteiger partial charge on any atom is -0.450 e. The van der Waals surface area contributed by atoms with Crippen molar-refractivity contribution in [2.45, 2.75) is 30.8 Å². The average molecular weight is 470 g/mol. The molecule has 32 heavy (non-hydrogen) atoms. The van der Waals surface area contributed by atoms with Crippen LogP contribution in [0.5, 0.6) is 0 Å². The summed E-state index contributed by atoms with van der Waals surface area (Å²) >= 11 is 0. The van der Waals surface area contributed by atoms with Gasteiger partial charge in [0.2, 0.25) is 0 Å². The fraction of sp³-hybridized carbons (Fsp3) is 0.300. The number of ether oxygens (including phenoxy) is 1. The first-order chi connectivity index (χ1) is 15.0. The highest BCUT2D eigenvalue weighted by Gasteiger charge is 2.46. The molecule has 2 aromatic rings. The zero-order valence-electron chi connectivity index (χ0n) is 17.3. The van der Waals surface area contributed by atoms with Crippen LogP contribution in [0.2, 0.25) is 0 Å². The largest absolute Gasteiger partial charge is 0.501 e. The van der Waals surface area contributed by atoms with Gasteiger partial charge in [-0.3, -0.25) is 5.32 Å². The average Bonchev–Trinajstić information content (AvgIpc) is 3.08. The van der Waals surface area contributed by atoms with E-state index in [1.54, 1.807) is 30.2 Å². The van der Waals surface area contributed by atoms with E-state index in [4.69, 9.17) is 4.74 Å². The number of allylic oxidation sites excluding steroid dienone is 1. The van der Waals surface area contributed by atoms with E-state index in [9.17, 15) is 26.4 Å². The second-order valence-corrected chi connectivity index (χ2v) is 8.86. The molecule has 0 bridgehead atoms. The molecule has 3 rings (SSSR count). The predicted molar refractivity (Wildman–Crippen MR) is 111 cm³/mol. The Kier molecular flexibility index (Phi) is 6.63. The summed E-state index contributed by atoms with van der Waals surface area (Å²) < 4.78 is 66.0. The number of alkyl halides is 3. The molecule has 0 radical (unpaired) electrons. The molecule has 0 saturated carbocycles. The van der Waals surface area contributed by atoms with E-state index in [-0.39, 0.29) is 6.61 Å². The summed E-state index contributed by atoms with van der Waals surface area (Å²) in [6.07, 6.45) is 2.77. The number of nitrogens with one attached hydrogen (secondary N) is 1. The number of hydrogen-bond donors (Lipinski definition) is 1. The third kappa shape index (κ3) is 5.13. The molecular formula is C20H21F3N4O4S. The van der Waals surface area contributed by atoms with Crippen molar-refractivity contribution >= 4 is 27.4 Å². The monoisotopic (exact) mass is 470 g/mol. The molecule has 8 nitrogen and oxygen atoms in total. The number of rotatable bonds is 6. The van der Waals surface area contributed by atoms with Gasteiger partial charge in [-0.1, -0.05) is 0 Å². The van der Waals surface area contributed by atoms with E-state index in [0.717, 1.165) is 23.4 Å². The fourth-order valence-corrected chi connectivity index (χ4v) is 3.82. The topological polar surface area (TPSA) is 91.8 Å². The molecule has 1 aromatic carbocycles. The standard InChI is InChI=1S/C20H21F3N4O4S/c1-3-31-19(28)25-18-10-15(8-9-24-18)12-26-13-27(11-14(26)2)16-4-6-17(7-5-16)32(29,30)20(21,22)23/h4-11H,3,12-13H2,1-2H3,(H,24,25,28). The fourth-order valence-electron chi connectivity index (χ4n) is 3.06. The summed E-state index contributed by atoms with van der Waals surface area (Å²) in [5.74, 6) is 0.347. The zero-order chi connectivity index (χ0) is 23.5. The van der Waals surface area contributed by atoms with Crippen LogP contribution in [0, 0.1) is 0 Å². The zero-order valence-corrected chi connectivity index (χ0v) is 18.1. The van der Waals surface area contributed by atoms with Crippen LogP contribution < -0.4 is 10.2 Å². The summed E-state index contributed by atoms with van der Waals surface area (Å²) in [6, 6.07) is 8.06. The van der Waals surface area contributed by atoms with Gasteiger partial charge in [-0.2, -0.15) is 13.2 Å². The Morgan fingerprint density at radius 1 is 1.22 bits per heavy atom. The third-order valence-electron chi connectivity index (χ3n) is 4.65. The molecule has 0 aliphatic carbocycles. The number of halogens is 3. The molecule has 0 atom stereocenters. The van der Waals surface area contributed by atoms with Crippen LogP contribution in [-0.4, -0.2) is 43.2 Å². The molecule has 12 heteroatoms. The molecule has 0 saturated heterocycles. The maximum absolute atomic E-state index is 12.7. The van der Waals surface area contributed by atoms with E-state index in [0.29, 0.717) is 24.7 Å². The maximum atomic E-state index is 12.7. The SMILES string of the molecule is CCOC(=O)Nc1cc(CN2CN(c3ccc(S(=O)(=O)C(F)(F)F)cc3)C=C2C)ccn1. The van der Waals surface area contributed by atoms with Crippen LogP contribution in [0.25, 0.3) is 0 Å². The van der Waals surface area contributed by atoms with Crippen LogP contribution >= 0.6 is 0 Å². The van der Waals surface area contributed by atoms with Crippen molar-refractivity contribution < 1.29 is 31.1 Å². The summed E-state index contributed by atoms with van der Waals surface area (Å²) in [6.45, 7) is 4.70. The number of amides is 1. The van der Waals surface area contributed by atoms with E-state index >= 15 is 0 Å². The van der Waals surface area contributed by atoms with Gasteiger partial charge in [-0.15, -0.1) is 0 Å². The van der Waals surface area contributed by atoms with E-state index in [2.05, 4.69) is 10.3 Å². The Balaban J connectivity index is 1.68. The number of sulfone groups is 1. The van der Waals surface area contributed by atoms with Gasteiger partial charge in [0.05, 0.1) is 18.2 Å². The second kappa shape index (κ2) is 9.07. The van der Waals surface area contributed by atoms with Crippen LogP contribution in [0.4, 0.5) is 29.5 Å². The predicted octanol–water partition coefficient (Wildman–Crippen LogP) is 4.08. The first-order valence-corrected chi connectivity index (χ1v) is 11.0. The first kappa shape index (κ1) is 23.4. The lowest BCUT2D eigenvalue weighted by Gasteiger charge is -2.23. The number of pyridine rings is 1. The summed E-state index contributed by atoms with van der Waals surface area (Å²) in [5.41, 5.74) is -3.03. The molecule has 1 N–H and O–H groups in total. The molecule has 0 fully saturated rings. The minimum absolute atomic E-state index is 0.238. The highest BCUT2D eigenvalue weighted by atomic mass is 32.2. The van der Waals surface area contributed by atoms with E-state index in [1.165, 1.54) is 12.1 Å². The first-order valence-electron chi connectivity index (χ1n) is 9.51. The Bertz CT molecular complexity index is 1120. The van der Waals surface area contributed by atoms with Gasteiger partial charge < -0.3 is 14.5 Å². The van der Waals surface area contributed by atoms with Crippen molar-refractivity contribution in [3.8, 4) is 0 Å².